The number of imidazole rings is 1. The van der Waals surface area contributed by atoms with E-state index in [-0.39, 0.29) is 6.54 Å². The maximum Gasteiger partial charge on any atom is 0.294 e. The van der Waals surface area contributed by atoms with Crippen LogP contribution in [0.15, 0.2) is 52.3 Å². The molecule has 0 atom stereocenters. The van der Waals surface area contributed by atoms with Crippen molar-refractivity contribution in [2.24, 2.45) is 0 Å². The van der Waals surface area contributed by atoms with Gasteiger partial charge in [0.2, 0.25) is 0 Å². The molecule has 0 spiro atoms. The van der Waals surface area contributed by atoms with Crippen LogP contribution < -0.4 is 0 Å². The lowest BCUT2D eigenvalue weighted by Gasteiger charge is -2.12. The molecule has 0 bridgehead atoms. The highest BCUT2D eigenvalue weighted by Crippen LogP contribution is 2.24. The number of unbranched alkanes of at least 4 members (excludes halogenated alkanes) is 14. The maximum atomic E-state index is 11.8. The highest BCUT2D eigenvalue weighted by atomic mass is 32.2. The number of hydrogen-bond acceptors (Lipinski definition) is 5. The summed E-state index contributed by atoms with van der Waals surface area (Å²) in [4.78, 5) is 3.61. The third-order valence-corrected chi connectivity index (χ3v) is 9.28. The van der Waals surface area contributed by atoms with Crippen LogP contribution in [0.5, 0.6) is 0 Å². The molecule has 0 radical (unpaired) electrons. The number of hydrogen-bond donors (Lipinski definition) is 2. The lowest BCUT2D eigenvalue weighted by atomic mass is 10.0. The number of aryl methyl sites for hydroxylation is 1. The average molecular weight is 607 g/mol. The first-order valence-corrected chi connectivity index (χ1v) is 18.0. The van der Waals surface area contributed by atoms with Gasteiger partial charge in [0.25, 0.3) is 20.2 Å². The standard InChI is InChI=1S/C31H46N2O6S2/c1-2-3-4-5-6-7-8-9-10-11-12-13-14-15-16-21-31-32-29-19-17-18-20-30(29)33(31)25-26-22-27(40(34,35)36)24-28(23-26)41(37,38)39/h17-20,22-24H,2-16,21,25H2,1H3,(H,34,35,36)(H,37,38,39). The highest BCUT2D eigenvalue weighted by Gasteiger charge is 2.19. The molecular weight excluding hydrogens is 560 g/mol. The lowest BCUT2D eigenvalue weighted by molar-refractivity contribution is 0.480. The van der Waals surface area contributed by atoms with Crippen molar-refractivity contribution in [3.63, 3.8) is 0 Å². The minimum absolute atomic E-state index is 0.139. The fourth-order valence-corrected chi connectivity index (χ4v) is 6.58. The Bertz CT molecular complexity index is 1400. The second-order valence-electron chi connectivity index (χ2n) is 11.1. The second-order valence-corrected chi connectivity index (χ2v) is 13.9. The van der Waals surface area contributed by atoms with Crippen molar-refractivity contribution in [3.05, 3.63) is 53.9 Å². The normalized spacial score (nSPS) is 12.4. The summed E-state index contributed by atoms with van der Waals surface area (Å²) in [5.41, 5.74) is 1.95. The van der Waals surface area contributed by atoms with Crippen LogP contribution in [-0.4, -0.2) is 35.5 Å². The zero-order valence-corrected chi connectivity index (χ0v) is 25.9. The van der Waals surface area contributed by atoms with Gasteiger partial charge in [-0.25, -0.2) is 4.98 Å². The summed E-state index contributed by atoms with van der Waals surface area (Å²) in [7, 11) is -9.36. The fraction of sp³-hybridized carbons (Fsp3) is 0.581. The van der Waals surface area contributed by atoms with Gasteiger partial charge in [0.05, 0.1) is 20.8 Å². The van der Waals surface area contributed by atoms with Crippen molar-refractivity contribution >= 4 is 31.3 Å². The third-order valence-electron chi connectivity index (χ3n) is 7.61. The van der Waals surface area contributed by atoms with Gasteiger partial charge < -0.3 is 4.57 Å². The fourth-order valence-electron chi connectivity index (χ4n) is 5.35. The van der Waals surface area contributed by atoms with E-state index in [0.29, 0.717) is 5.56 Å². The Kier molecular flexibility index (Phi) is 13.3. The van der Waals surface area contributed by atoms with Crippen LogP contribution in [-0.2, 0) is 33.2 Å². The summed E-state index contributed by atoms with van der Waals surface area (Å²) in [6, 6.07) is 10.8. The number of fused-ring (bicyclic) bond motifs is 1. The SMILES string of the molecule is CCCCCCCCCCCCCCCCCc1nc2ccccc2n1Cc1cc(S(=O)(=O)O)cc(S(=O)(=O)O)c1. The van der Waals surface area contributed by atoms with Gasteiger partial charge in [0, 0.05) is 13.0 Å². The molecule has 0 aliphatic rings. The Labute approximate surface area is 246 Å². The first kappa shape index (κ1) is 33.2. The number of para-hydroxylation sites is 2. The molecule has 228 valence electrons. The van der Waals surface area contributed by atoms with Crippen molar-refractivity contribution in [2.75, 3.05) is 0 Å². The number of aromatic nitrogens is 2. The smallest absolute Gasteiger partial charge is 0.294 e. The lowest BCUT2D eigenvalue weighted by Crippen LogP contribution is -2.09. The predicted molar refractivity (Wildman–Crippen MR) is 164 cm³/mol. The molecular formula is C31H46N2O6S2. The monoisotopic (exact) mass is 606 g/mol. The summed E-state index contributed by atoms with van der Waals surface area (Å²) in [5, 5.41) is 0. The first-order valence-electron chi connectivity index (χ1n) is 15.1. The molecule has 0 saturated heterocycles. The van der Waals surface area contributed by atoms with Crippen molar-refractivity contribution < 1.29 is 25.9 Å². The molecule has 0 unspecified atom stereocenters. The Balaban J connectivity index is 1.51. The zero-order valence-electron chi connectivity index (χ0n) is 24.3. The molecule has 1 aromatic heterocycles. The second kappa shape index (κ2) is 16.4. The van der Waals surface area contributed by atoms with Crippen LogP contribution in [0.3, 0.4) is 0 Å². The number of rotatable bonds is 20. The van der Waals surface area contributed by atoms with Gasteiger partial charge in [0.15, 0.2) is 0 Å². The van der Waals surface area contributed by atoms with Crippen LogP contribution in [0.2, 0.25) is 0 Å². The topological polar surface area (TPSA) is 127 Å². The molecule has 41 heavy (non-hydrogen) atoms. The largest absolute Gasteiger partial charge is 0.323 e. The molecule has 10 heteroatoms. The minimum Gasteiger partial charge on any atom is -0.323 e. The molecule has 0 aliphatic heterocycles. The van der Waals surface area contributed by atoms with Crippen molar-refractivity contribution in [3.8, 4) is 0 Å². The van der Waals surface area contributed by atoms with E-state index in [1.54, 1.807) is 0 Å². The van der Waals surface area contributed by atoms with Crippen LogP contribution in [0.4, 0.5) is 0 Å². The summed E-state index contributed by atoms with van der Waals surface area (Å²) in [6.45, 7) is 2.40. The number of nitrogens with zero attached hydrogens (tertiary/aromatic N) is 2. The molecule has 0 fully saturated rings. The zero-order chi connectivity index (χ0) is 29.7. The van der Waals surface area contributed by atoms with E-state index in [1.165, 1.54) is 95.6 Å². The molecule has 0 aliphatic carbocycles. The van der Waals surface area contributed by atoms with Crippen molar-refractivity contribution in [1.29, 1.82) is 0 Å². The maximum absolute atomic E-state index is 11.8. The third kappa shape index (κ3) is 11.1. The van der Waals surface area contributed by atoms with Crippen LogP contribution in [0.25, 0.3) is 11.0 Å². The van der Waals surface area contributed by atoms with E-state index in [0.717, 1.165) is 42.2 Å². The van der Waals surface area contributed by atoms with E-state index < -0.39 is 30.0 Å². The van der Waals surface area contributed by atoms with Gasteiger partial charge in [-0.05, 0) is 42.3 Å². The van der Waals surface area contributed by atoms with Crippen molar-refractivity contribution in [2.45, 2.75) is 126 Å². The van der Waals surface area contributed by atoms with Gasteiger partial charge in [-0.15, -0.1) is 0 Å². The Morgan fingerprint density at radius 2 is 1.12 bits per heavy atom. The molecule has 2 N–H and O–H groups in total. The molecule has 3 aromatic rings. The Morgan fingerprint density at radius 3 is 1.61 bits per heavy atom. The van der Waals surface area contributed by atoms with E-state index in [1.807, 2.05) is 28.8 Å². The van der Waals surface area contributed by atoms with Crippen LogP contribution >= 0.6 is 0 Å². The molecule has 2 aromatic carbocycles. The summed E-state index contributed by atoms with van der Waals surface area (Å²) >= 11 is 0. The van der Waals surface area contributed by atoms with Gasteiger partial charge in [-0.1, -0.05) is 109 Å². The Morgan fingerprint density at radius 1 is 0.659 bits per heavy atom. The van der Waals surface area contributed by atoms with Crippen LogP contribution in [0.1, 0.15) is 115 Å². The summed E-state index contributed by atoms with van der Waals surface area (Å²) < 4.78 is 68.1. The van der Waals surface area contributed by atoms with E-state index in [9.17, 15) is 25.9 Å². The van der Waals surface area contributed by atoms with Gasteiger partial charge in [0.1, 0.15) is 5.82 Å². The van der Waals surface area contributed by atoms with Gasteiger partial charge in [-0.2, -0.15) is 16.8 Å². The molecule has 8 nitrogen and oxygen atoms in total. The van der Waals surface area contributed by atoms with Crippen molar-refractivity contribution in [1.82, 2.24) is 9.55 Å². The Hall–Kier alpha value is -2.27. The van der Waals surface area contributed by atoms with E-state index in [4.69, 9.17) is 4.98 Å². The average Bonchev–Trinajstić information content (AvgIpc) is 3.26. The predicted octanol–water partition coefficient (Wildman–Crippen LogP) is 7.99. The highest BCUT2D eigenvalue weighted by molar-refractivity contribution is 7.86. The van der Waals surface area contributed by atoms with E-state index >= 15 is 0 Å². The van der Waals surface area contributed by atoms with Crippen LogP contribution in [0, 0.1) is 0 Å². The summed E-state index contributed by atoms with van der Waals surface area (Å²) in [5.74, 6) is 0.826. The number of benzene rings is 2. The van der Waals surface area contributed by atoms with Gasteiger partial charge in [-0.3, -0.25) is 9.11 Å². The summed E-state index contributed by atoms with van der Waals surface area (Å²) in [6.07, 6.45) is 20.0. The van der Waals surface area contributed by atoms with E-state index in [2.05, 4.69) is 6.92 Å². The first-order chi connectivity index (χ1) is 19.6. The molecule has 0 saturated carbocycles. The molecule has 3 rings (SSSR count). The quantitative estimate of drug-likeness (QED) is 0.0985. The minimum atomic E-state index is -4.68. The van der Waals surface area contributed by atoms with Gasteiger partial charge >= 0.3 is 0 Å². The molecule has 1 heterocycles. The molecule has 0 amide bonds.